The first-order valence-electron chi connectivity index (χ1n) is 14.3. The van der Waals surface area contributed by atoms with Gasteiger partial charge in [0.25, 0.3) is 0 Å². The second-order valence-electron chi connectivity index (χ2n) is 11.1. The summed E-state index contributed by atoms with van der Waals surface area (Å²) >= 11 is 0. The van der Waals surface area contributed by atoms with Crippen LogP contribution in [0, 0.1) is 0 Å². The highest BCUT2D eigenvalue weighted by Crippen LogP contribution is 2.46. The minimum Gasteiger partial charge on any atom is -0.504 e. The number of ether oxygens (including phenoxy) is 6. The lowest BCUT2D eigenvalue weighted by Gasteiger charge is -2.40. The molecule has 2 aliphatic heterocycles. The van der Waals surface area contributed by atoms with E-state index in [1.165, 1.54) is 19.9 Å². The third-order valence-corrected chi connectivity index (χ3v) is 7.84. The monoisotopic (exact) mass is 666 g/mol. The van der Waals surface area contributed by atoms with E-state index in [1.54, 1.807) is 0 Å². The van der Waals surface area contributed by atoms with Crippen molar-refractivity contribution in [3.63, 3.8) is 0 Å². The van der Waals surface area contributed by atoms with Gasteiger partial charge in [-0.15, -0.1) is 0 Å². The van der Waals surface area contributed by atoms with Crippen molar-refractivity contribution in [2.75, 3.05) is 7.11 Å². The Morgan fingerprint density at radius 1 is 0.787 bits per heavy atom. The van der Waals surface area contributed by atoms with Crippen LogP contribution < -0.4 is 19.6 Å². The van der Waals surface area contributed by atoms with Gasteiger partial charge in [-0.05, 0) is 32.0 Å². The number of aliphatic hydroxyl groups is 5. The molecule has 256 valence electrons. The summed E-state index contributed by atoms with van der Waals surface area (Å²) < 4.78 is 38.9. The van der Waals surface area contributed by atoms with Crippen LogP contribution in [0.3, 0.4) is 0 Å². The highest BCUT2D eigenvalue weighted by Gasteiger charge is 2.47. The standard InChI is InChI=1S/C30H34O17/c1-9-18(34)21(37)23(39)29(42-9)46-16-8-15-17(19(35)27(16)41-4)20(36)28(26(45-15)12-5-6-13(32)14(33)7-12)47-30-24(40)22(38)25(10(2)43-30)44-11(3)31/h5-10,18,21-25,29-30,32-35,37-40H,1-4H3/t9-,10-,18-,21+,22-,23+,24+,25-,29-,30-/m0/s1. The number of phenolic OH excluding ortho intramolecular Hbond substituents is 3. The molecule has 3 aromatic rings. The van der Waals surface area contributed by atoms with Crippen molar-refractivity contribution in [2.45, 2.75) is 82.2 Å². The lowest BCUT2D eigenvalue weighted by Crippen LogP contribution is -2.59. The lowest BCUT2D eigenvalue weighted by molar-refractivity contribution is -0.272. The molecule has 0 aliphatic carbocycles. The average molecular weight is 667 g/mol. The fourth-order valence-electron chi connectivity index (χ4n) is 5.33. The van der Waals surface area contributed by atoms with Gasteiger partial charge in [0.2, 0.25) is 29.5 Å². The van der Waals surface area contributed by atoms with Crippen molar-refractivity contribution in [3.05, 3.63) is 34.5 Å². The van der Waals surface area contributed by atoms with Gasteiger partial charge in [-0.3, -0.25) is 9.59 Å². The van der Waals surface area contributed by atoms with Gasteiger partial charge in [-0.1, -0.05) is 0 Å². The molecule has 2 fully saturated rings. The number of methoxy groups -OCH3 is 1. The zero-order chi connectivity index (χ0) is 34.5. The lowest BCUT2D eigenvalue weighted by atomic mass is 9.99. The van der Waals surface area contributed by atoms with Gasteiger partial charge in [0.1, 0.15) is 41.5 Å². The van der Waals surface area contributed by atoms with Gasteiger partial charge in [0.15, 0.2) is 34.9 Å². The molecule has 0 amide bonds. The van der Waals surface area contributed by atoms with Crippen LogP contribution in [0.2, 0.25) is 0 Å². The molecule has 0 saturated carbocycles. The highest BCUT2D eigenvalue weighted by molar-refractivity contribution is 5.91. The van der Waals surface area contributed by atoms with Crippen LogP contribution in [0.5, 0.6) is 34.5 Å². The fourth-order valence-corrected chi connectivity index (χ4v) is 5.33. The summed E-state index contributed by atoms with van der Waals surface area (Å²) in [5, 5.41) is 82.9. The normalized spacial score (nSPS) is 30.9. The molecule has 10 atom stereocenters. The Hall–Kier alpha value is -4.36. The topological polar surface area (TPSA) is 264 Å². The summed E-state index contributed by atoms with van der Waals surface area (Å²) in [6.07, 6.45) is -15.0. The van der Waals surface area contributed by atoms with E-state index < -0.39 is 113 Å². The number of benzene rings is 2. The number of carbonyl (C=O) groups is 1. The molecule has 0 radical (unpaired) electrons. The van der Waals surface area contributed by atoms with Crippen LogP contribution in [0.4, 0.5) is 0 Å². The number of hydrogen-bond donors (Lipinski definition) is 8. The molecule has 0 bridgehead atoms. The Labute approximate surface area is 265 Å². The van der Waals surface area contributed by atoms with E-state index in [1.807, 2.05) is 0 Å². The van der Waals surface area contributed by atoms with E-state index in [9.17, 15) is 50.4 Å². The molecule has 47 heavy (non-hydrogen) atoms. The predicted molar refractivity (Wildman–Crippen MR) is 155 cm³/mol. The summed E-state index contributed by atoms with van der Waals surface area (Å²) in [5.41, 5.74) is -1.45. The van der Waals surface area contributed by atoms with E-state index in [4.69, 9.17) is 32.8 Å². The first-order chi connectivity index (χ1) is 22.1. The third-order valence-electron chi connectivity index (χ3n) is 7.84. The van der Waals surface area contributed by atoms with Gasteiger partial charge in [0.05, 0.1) is 19.3 Å². The van der Waals surface area contributed by atoms with Crippen LogP contribution in [0.25, 0.3) is 22.3 Å². The summed E-state index contributed by atoms with van der Waals surface area (Å²) in [4.78, 5) is 25.5. The quantitative estimate of drug-likeness (QED) is 0.117. The van der Waals surface area contributed by atoms with Crippen molar-refractivity contribution < 1.29 is 78.5 Å². The number of aromatic hydroxyl groups is 3. The average Bonchev–Trinajstić information content (AvgIpc) is 3.01. The van der Waals surface area contributed by atoms with Gasteiger partial charge in [0, 0.05) is 18.6 Å². The maximum Gasteiger partial charge on any atom is 0.303 e. The predicted octanol–water partition coefficient (Wildman–Crippen LogP) is -0.431. The second kappa shape index (κ2) is 13.0. The Balaban J connectivity index is 1.64. The maximum absolute atomic E-state index is 14.0. The maximum atomic E-state index is 14.0. The first kappa shape index (κ1) is 34.0. The van der Waals surface area contributed by atoms with Crippen molar-refractivity contribution in [1.29, 1.82) is 0 Å². The van der Waals surface area contributed by atoms with E-state index in [0.29, 0.717) is 0 Å². The van der Waals surface area contributed by atoms with Gasteiger partial charge in [-0.2, -0.15) is 0 Å². The molecule has 8 N–H and O–H groups in total. The smallest absolute Gasteiger partial charge is 0.303 e. The molecule has 3 heterocycles. The number of phenols is 3. The van der Waals surface area contributed by atoms with Gasteiger partial charge in [-0.25, -0.2) is 0 Å². The van der Waals surface area contributed by atoms with Crippen LogP contribution >= 0.6 is 0 Å². The van der Waals surface area contributed by atoms with Crippen LogP contribution in [-0.2, 0) is 19.0 Å². The van der Waals surface area contributed by atoms with Crippen molar-refractivity contribution in [2.24, 2.45) is 0 Å². The number of esters is 1. The van der Waals surface area contributed by atoms with Crippen molar-refractivity contribution in [1.82, 2.24) is 0 Å². The SMILES string of the molecule is COc1c(O[C@@H]2O[C@@H](C)[C@H](O)[C@@H](O)[C@H]2O)cc2oc(-c3ccc(O)c(O)c3)c(O[C@@H]3O[C@@H](C)[C@H](OC(C)=O)[C@@H](O)[C@H]3O)c(=O)c2c1O. The van der Waals surface area contributed by atoms with Gasteiger partial charge < -0.3 is 73.7 Å². The molecule has 2 saturated heterocycles. The molecular formula is C30H34O17. The molecule has 0 spiro atoms. The van der Waals surface area contributed by atoms with Crippen LogP contribution in [-0.4, -0.2) is 115 Å². The highest BCUT2D eigenvalue weighted by atomic mass is 16.7. The Kier molecular flexibility index (Phi) is 9.43. The number of fused-ring (bicyclic) bond motifs is 1. The molecule has 2 aliphatic rings. The minimum atomic E-state index is -1.87. The van der Waals surface area contributed by atoms with Crippen molar-refractivity contribution >= 4 is 16.9 Å². The number of carbonyl (C=O) groups excluding carboxylic acids is 1. The van der Waals surface area contributed by atoms with E-state index in [2.05, 4.69) is 0 Å². The van der Waals surface area contributed by atoms with Gasteiger partial charge >= 0.3 is 5.97 Å². The minimum absolute atomic E-state index is 0.0410. The Morgan fingerprint density at radius 2 is 1.43 bits per heavy atom. The molecule has 2 aromatic carbocycles. The Morgan fingerprint density at radius 3 is 2.06 bits per heavy atom. The molecule has 5 rings (SSSR count). The van der Waals surface area contributed by atoms with E-state index in [-0.39, 0.29) is 16.9 Å². The summed E-state index contributed by atoms with van der Waals surface area (Å²) in [7, 11) is 1.13. The fraction of sp³-hybridized carbons (Fsp3) is 0.467. The molecule has 1 aromatic heterocycles. The molecule has 17 heteroatoms. The zero-order valence-electron chi connectivity index (χ0n) is 25.3. The Bertz CT molecular complexity index is 1700. The number of hydrogen-bond acceptors (Lipinski definition) is 17. The second-order valence-corrected chi connectivity index (χ2v) is 11.1. The molecule has 17 nitrogen and oxygen atoms in total. The number of aliphatic hydroxyl groups excluding tert-OH is 5. The zero-order valence-corrected chi connectivity index (χ0v) is 25.3. The number of rotatable bonds is 7. The molecule has 0 unspecified atom stereocenters. The van der Waals surface area contributed by atoms with E-state index >= 15 is 0 Å². The summed E-state index contributed by atoms with van der Waals surface area (Å²) in [5.74, 6) is -4.55. The third kappa shape index (κ3) is 6.21. The van der Waals surface area contributed by atoms with E-state index in [0.717, 1.165) is 32.2 Å². The van der Waals surface area contributed by atoms with Crippen LogP contribution in [0.1, 0.15) is 20.8 Å². The summed E-state index contributed by atoms with van der Waals surface area (Å²) in [6, 6.07) is 4.46. The largest absolute Gasteiger partial charge is 0.504 e. The molecular weight excluding hydrogens is 632 g/mol. The van der Waals surface area contributed by atoms with Crippen molar-refractivity contribution in [3.8, 4) is 45.8 Å². The van der Waals surface area contributed by atoms with Crippen LogP contribution in [0.15, 0.2) is 33.5 Å². The first-order valence-corrected chi connectivity index (χ1v) is 14.3. The summed E-state index contributed by atoms with van der Waals surface area (Å²) in [6.45, 7) is 3.95.